The monoisotopic (exact) mass is 620 g/mol. The number of piperazine rings is 1. The number of para-hydroxylation sites is 1. The van der Waals surface area contributed by atoms with Crippen molar-refractivity contribution in [1.29, 1.82) is 0 Å². The summed E-state index contributed by atoms with van der Waals surface area (Å²) in [6.45, 7) is 4.75. The summed E-state index contributed by atoms with van der Waals surface area (Å²) >= 11 is 15.9. The Kier molecular flexibility index (Phi) is 8.30. The van der Waals surface area contributed by atoms with Crippen LogP contribution in [0.3, 0.4) is 0 Å². The molecule has 0 saturated carbocycles. The van der Waals surface area contributed by atoms with Crippen LogP contribution in [-0.4, -0.2) is 56.7 Å². The van der Waals surface area contributed by atoms with E-state index >= 15 is 0 Å². The van der Waals surface area contributed by atoms with Crippen LogP contribution in [0.15, 0.2) is 83.3 Å². The Morgan fingerprint density at radius 2 is 1.61 bits per heavy atom. The number of aryl methyl sites for hydroxylation is 1. The molecular formula is C30H26Cl2N6OS2. The van der Waals surface area contributed by atoms with Crippen LogP contribution in [0.5, 0.6) is 0 Å². The summed E-state index contributed by atoms with van der Waals surface area (Å²) in [6, 6.07) is 23.7. The Labute approximate surface area is 256 Å². The maximum Gasteiger partial charge on any atom is 0.273 e. The number of amides is 1. The highest BCUT2D eigenvalue weighted by Crippen LogP contribution is 2.33. The van der Waals surface area contributed by atoms with Crippen molar-refractivity contribution in [2.24, 2.45) is 0 Å². The second-order valence-electron chi connectivity index (χ2n) is 9.60. The largest absolute Gasteiger partial charge is 0.367 e. The Hall–Kier alpha value is -3.37. The fraction of sp³-hybridized carbons (Fsp3) is 0.200. The van der Waals surface area contributed by atoms with Crippen molar-refractivity contribution in [2.45, 2.75) is 17.8 Å². The van der Waals surface area contributed by atoms with Crippen LogP contribution < -0.4 is 4.90 Å². The molecule has 3 heterocycles. The van der Waals surface area contributed by atoms with Crippen molar-refractivity contribution in [3.63, 3.8) is 0 Å². The van der Waals surface area contributed by atoms with Gasteiger partial charge in [-0.1, -0.05) is 76.9 Å². The number of thiazole rings is 1. The Balaban J connectivity index is 1.16. The van der Waals surface area contributed by atoms with E-state index in [1.54, 1.807) is 0 Å². The minimum atomic E-state index is -0.0415. The zero-order chi connectivity index (χ0) is 28.3. The van der Waals surface area contributed by atoms with Crippen LogP contribution in [-0.2, 0) is 5.75 Å². The van der Waals surface area contributed by atoms with E-state index in [9.17, 15) is 4.79 Å². The Bertz CT molecular complexity index is 1680. The third kappa shape index (κ3) is 5.99. The lowest BCUT2D eigenvalue weighted by Crippen LogP contribution is -2.49. The maximum atomic E-state index is 13.2. The lowest BCUT2D eigenvalue weighted by molar-refractivity contribution is 0.0741. The van der Waals surface area contributed by atoms with Gasteiger partial charge in [0.2, 0.25) is 0 Å². The molecule has 0 radical (unpaired) electrons. The summed E-state index contributed by atoms with van der Waals surface area (Å²) in [4.78, 5) is 22.0. The van der Waals surface area contributed by atoms with Crippen molar-refractivity contribution in [3.05, 3.63) is 104 Å². The van der Waals surface area contributed by atoms with Crippen LogP contribution in [0.25, 0.3) is 17.1 Å². The first-order valence-corrected chi connectivity index (χ1v) is 15.7. The van der Waals surface area contributed by atoms with E-state index in [2.05, 4.69) is 51.3 Å². The van der Waals surface area contributed by atoms with Crippen molar-refractivity contribution < 1.29 is 4.79 Å². The van der Waals surface area contributed by atoms with E-state index in [0.29, 0.717) is 35.4 Å². The van der Waals surface area contributed by atoms with E-state index in [-0.39, 0.29) is 5.91 Å². The number of carbonyl (C=O) groups excluding carboxylic acids is 1. The number of aromatic nitrogens is 4. The summed E-state index contributed by atoms with van der Waals surface area (Å²) in [5, 5.41) is 13.8. The van der Waals surface area contributed by atoms with Gasteiger partial charge in [-0.2, -0.15) is 0 Å². The third-order valence-corrected chi connectivity index (χ3v) is 9.52. The topological polar surface area (TPSA) is 67.2 Å². The Morgan fingerprint density at radius 3 is 2.34 bits per heavy atom. The van der Waals surface area contributed by atoms with Crippen molar-refractivity contribution in [2.75, 3.05) is 31.1 Å². The average molecular weight is 622 g/mol. The predicted octanol–water partition coefficient (Wildman–Crippen LogP) is 7.26. The summed E-state index contributed by atoms with van der Waals surface area (Å²) < 4.78 is 2.02. The van der Waals surface area contributed by atoms with Gasteiger partial charge in [0.15, 0.2) is 11.0 Å². The molecule has 1 aliphatic heterocycles. The number of anilines is 1. The smallest absolute Gasteiger partial charge is 0.273 e. The zero-order valence-electron chi connectivity index (χ0n) is 22.2. The molecule has 41 heavy (non-hydrogen) atoms. The highest BCUT2D eigenvalue weighted by Gasteiger charge is 2.25. The molecule has 1 fully saturated rings. The van der Waals surface area contributed by atoms with Crippen LogP contribution in [0.2, 0.25) is 10.0 Å². The number of rotatable bonds is 7. The normalized spacial score (nSPS) is 13.5. The Morgan fingerprint density at radius 1 is 0.902 bits per heavy atom. The highest BCUT2D eigenvalue weighted by atomic mass is 35.5. The summed E-state index contributed by atoms with van der Waals surface area (Å²) in [5.74, 6) is 1.19. The molecule has 11 heteroatoms. The van der Waals surface area contributed by atoms with Gasteiger partial charge in [0.05, 0.1) is 21.5 Å². The molecule has 0 N–H and O–H groups in total. The number of benzene rings is 3. The molecular weight excluding hydrogens is 595 g/mol. The molecule has 0 bridgehead atoms. The van der Waals surface area contributed by atoms with Gasteiger partial charge in [-0.25, -0.2) is 4.98 Å². The molecule has 5 aromatic rings. The van der Waals surface area contributed by atoms with Gasteiger partial charge in [-0.05, 0) is 43.3 Å². The highest BCUT2D eigenvalue weighted by molar-refractivity contribution is 7.98. The third-order valence-electron chi connectivity index (χ3n) is 6.90. The molecule has 1 saturated heterocycles. The molecule has 7 nitrogen and oxygen atoms in total. The van der Waals surface area contributed by atoms with E-state index < -0.39 is 0 Å². The zero-order valence-corrected chi connectivity index (χ0v) is 25.3. The molecule has 1 amide bonds. The van der Waals surface area contributed by atoms with E-state index in [0.717, 1.165) is 45.2 Å². The van der Waals surface area contributed by atoms with Gasteiger partial charge in [0.25, 0.3) is 5.91 Å². The molecule has 1 aliphatic rings. The lowest BCUT2D eigenvalue weighted by Gasteiger charge is -2.36. The summed E-state index contributed by atoms with van der Waals surface area (Å²) in [6.07, 6.45) is 0. The first-order valence-electron chi connectivity index (χ1n) is 13.1. The van der Waals surface area contributed by atoms with E-state index in [1.807, 2.05) is 63.4 Å². The molecule has 3 aromatic carbocycles. The lowest BCUT2D eigenvalue weighted by atomic mass is 10.2. The van der Waals surface area contributed by atoms with E-state index in [4.69, 9.17) is 23.2 Å². The minimum absolute atomic E-state index is 0.0415. The minimum Gasteiger partial charge on any atom is -0.367 e. The van der Waals surface area contributed by atoms with Crippen LogP contribution in [0, 0.1) is 6.92 Å². The average Bonchev–Trinajstić information content (AvgIpc) is 3.64. The number of hydrogen-bond acceptors (Lipinski definition) is 7. The molecule has 208 valence electrons. The standard InChI is InChI=1S/C30H26Cl2N6OS2/c1-20-10-12-21(13-11-20)38-28(22-6-2-3-7-23(22)31)34-35-30(38)41-19-27-33-25(18-40-27)29(39)37-16-14-36(15-17-37)26-9-5-4-8-24(26)32/h2-13,18H,14-17,19H2,1H3. The van der Waals surface area contributed by atoms with Crippen molar-refractivity contribution in [3.8, 4) is 17.1 Å². The van der Waals surface area contributed by atoms with Gasteiger partial charge < -0.3 is 9.80 Å². The number of hydrogen-bond donors (Lipinski definition) is 0. The number of thioether (sulfide) groups is 1. The summed E-state index contributed by atoms with van der Waals surface area (Å²) in [7, 11) is 0. The van der Waals surface area contributed by atoms with Gasteiger partial charge >= 0.3 is 0 Å². The van der Waals surface area contributed by atoms with Crippen LogP contribution in [0.1, 0.15) is 21.1 Å². The fourth-order valence-corrected chi connectivity index (χ4v) is 6.94. The van der Waals surface area contributed by atoms with Crippen molar-refractivity contribution >= 4 is 57.9 Å². The van der Waals surface area contributed by atoms with Gasteiger partial charge in [-0.3, -0.25) is 9.36 Å². The first-order chi connectivity index (χ1) is 20.0. The van der Waals surface area contributed by atoms with Crippen LogP contribution in [0.4, 0.5) is 5.69 Å². The van der Waals surface area contributed by atoms with E-state index in [1.165, 1.54) is 28.7 Å². The van der Waals surface area contributed by atoms with Gasteiger partial charge in [-0.15, -0.1) is 21.5 Å². The molecule has 6 rings (SSSR count). The quantitative estimate of drug-likeness (QED) is 0.178. The van der Waals surface area contributed by atoms with Gasteiger partial charge in [0.1, 0.15) is 10.7 Å². The fourth-order valence-electron chi connectivity index (χ4n) is 4.73. The first kappa shape index (κ1) is 27.8. The molecule has 0 aliphatic carbocycles. The number of halogens is 2. The maximum absolute atomic E-state index is 13.2. The molecule has 0 unspecified atom stereocenters. The molecule has 2 aromatic heterocycles. The summed E-state index contributed by atoms with van der Waals surface area (Å²) in [5.41, 5.74) is 4.41. The van der Waals surface area contributed by atoms with Gasteiger partial charge in [0, 0.05) is 42.8 Å². The SMILES string of the molecule is Cc1ccc(-n2c(SCc3nc(C(=O)N4CCN(c5ccccc5Cl)CC4)cs3)nnc2-c2ccccc2Cl)cc1. The number of carbonyl (C=O) groups is 1. The van der Waals surface area contributed by atoms with Crippen molar-refractivity contribution in [1.82, 2.24) is 24.6 Å². The molecule has 0 atom stereocenters. The predicted molar refractivity (Wildman–Crippen MR) is 168 cm³/mol. The second-order valence-corrected chi connectivity index (χ2v) is 12.3. The van der Waals surface area contributed by atoms with Crippen LogP contribution >= 0.6 is 46.3 Å². The second kappa shape index (κ2) is 12.2. The number of nitrogens with zero attached hydrogens (tertiary/aromatic N) is 6. The molecule has 0 spiro atoms.